The lowest BCUT2D eigenvalue weighted by atomic mass is 9.97. The van der Waals surface area contributed by atoms with Crippen molar-refractivity contribution in [1.29, 1.82) is 5.26 Å². The van der Waals surface area contributed by atoms with Gasteiger partial charge in [-0.3, -0.25) is 15.6 Å². The molecule has 0 unspecified atom stereocenters. The summed E-state index contributed by atoms with van der Waals surface area (Å²) in [7, 11) is 0. The molecule has 7 heteroatoms. The Morgan fingerprint density at radius 1 is 1.09 bits per heavy atom. The number of carbonyl (C=O) groups is 1. The van der Waals surface area contributed by atoms with Gasteiger partial charge < -0.3 is 5.32 Å². The largest absolute Gasteiger partial charge is 0.303 e. The summed E-state index contributed by atoms with van der Waals surface area (Å²) in [4.78, 5) is 13.7. The van der Waals surface area contributed by atoms with Gasteiger partial charge in [-0.05, 0) is 41.3 Å². The monoisotopic (exact) mass is 450 g/mol. The first-order chi connectivity index (χ1) is 16.7. The van der Waals surface area contributed by atoms with Crippen LogP contribution in [0.5, 0.6) is 0 Å². The van der Waals surface area contributed by atoms with E-state index in [1.54, 1.807) is 10.7 Å². The first-order valence-electron chi connectivity index (χ1n) is 11.5. The lowest BCUT2D eigenvalue weighted by Crippen LogP contribution is -2.30. The van der Waals surface area contributed by atoms with E-state index in [0.717, 1.165) is 36.2 Å². The van der Waals surface area contributed by atoms with Crippen molar-refractivity contribution < 1.29 is 4.79 Å². The first kappa shape index (κ1) is 22.0. The molecular formula is C27H26N6O. The first-order valence-corrected chi connectivity index (χ1v) is 11.5. The standard InChI is InChI=1S/C27H26N6O/c28-14-20-8-6-19(7-9-20)12-13-29-26(21-4-2-1-3-5-21)27(34)24-17-32-33-18-22(10-11-25(24)33)23-15-30-31-16-23/h1-11,17-18,23,26,29-31H,12-13,15-16H2/t26-/m0/s1. The van der Waals surface area contributed by atoms with Crippen molar-refractivity contribution >= 4 is 11.3 Å². The third-order valence-corrected chi connectivity index (χ3v) is 6.34. The van der Waals surface area contributed by atoms with E-state index in [1.807, 2.05) is 66.9 Å². The fourth-order valence-corrected chi connectivity index (χ4v) is 4.40. The van der Waals surface area contributed by atoms with Crippen molar-refractivity contribution in [2.24, 2.45) is 0 Å². The maximum absolute atomic E-state index is 13.7. The van der Waals surface area contributed by atoms with Gasteiger partial charge in [-0.15, -0.1) is 0 Å². The number of rotatable bonds is 8. The van der Waals surface area contributed by atoms with Crippen molar-refractivity contribution in [2.75, 3.05) is 19.6 Å². The quantitative estimate of drug-likeness (QED) is 0.357. The molecule has 1 saturated heterocycles. The molecule has 1 atom stereocenters. The molecule has 7 nitrogen and oxygen atoms in total. The summed E-state index contributed by atoms with van der Waals surface area (Å²) in [6, 6.07) is 23.1. The zero-order valence-corrected chi connectivity index (χ0v) is 18.7. The molecule has 2 aromatic carbocycles. The lowest BCUT2D eigenvalue weighted by Gasteiger charge is -2.18. The maximum atomic E-state index is 13.7. The zero-order chi connectivity index (χ0) is 23.3. The second-order valence-corrected chi connectivity index (χ2v) is 8.53. The highest BCUT2D eigenvalue weighted by Crippen LogP contribution is 2.24. The minimum atomic E-state index is -0.476. The molecule has 2 aromatic heterocycles. The van der Waals surface area contributed by atoms with Crippen molar-refractivity contribution in [1.82, 2.24) is 25.8 Å². The van der Waals surface area contributed by atoms with Crippen LogP contribution in [-0.4, -0.2) is 35.0 Å². The molecule has 1 aliphatic heterocycles. The number of hydrogen-bond donors (Lipinski definition) is 3. The Morgan fingerprint density at radius 3 is 2.59 bits per heavy atom. The predicted molar refractivity (Wildman–Crippen MR) is 130 cm³/mol. The predicted octanol–water partition coefficient (Wildman–Crippen LogP) is 3.15. The van der Waals surface area contributed by atoms with E-state index in [0.29, 0.717) is 23.6 Å². The van der Waals surface area contributed by atoms with Gasteiger partial charge in [0, 0.05) is 31.7 Å². The van der Waals surface area contributed by atoms with Crippen LogP contribution in [0.4, 0.5) is 0 Å². The fraction of sp³-hybridized carbons (Fsp3) is 0.222. The van der Waals surface area contributed by atoms with Gasteiger partial charge >= 0.3 is 0 Å². The van der Waals surface area contributed by atoms with E-state index < -0.39 is 6.04 Å². The molecule has 3 N–H and O–H groups in total. The van der Waals surface area contributed by atoms with Gasteiger partial charge in [0.05, 0.1) is 35.0 Å². The van der Waals surface area contributed by atoms with E-state index in [-0.39, 0.29) is 5.78 Å². The maximum Gasteiger partial charge on any atom is 0.188 e. The van der Waals surface area contributed by atoms with Gasteiger partial charge in [0.15, 0.2) is 5.78 Å². The summed E-state index contributed by atoms with van der Waals surface area (Å²) in [6.07, 6.45) is 4.44. The summed E-state index contributed by atoms with van der Waals surface area (Å²) in [6.45, 7) is 2.37. The molecule has 4 aromatic rings. The molecule has 0 saturated carbocycles. The normalized spacial score (nSPS) is 14.8. The zero-order valence-electron chi connectivity index (χ0n) is 18.7. The average Bonchev–Trinajstić information content (AvgIpc) is 3.57. The Kier molecular flexibility index (Phi) is 6.45. The molecule has 1 fully saturated rings. The number of fused-ring (bicyclic) bond motifs is 1. The minimum Gasteiger partial charge on any atom is -0.303 e. The van der Waals surface area contributed by atoms with E-state index in [1.165, 1.54) is 5.56 Å². The molecular weight excluding hydrogens is 424 g/mol. The summed E-state index contributed by atoms with van der Waals surface area (Å²) in [5.74, 6) is 0.381. The van der Waals surface area contributed by atoms with Gasteiger partial charge in [0.25, 0.3) is 0 Å². The van der Waals surface area contributed by atoms with Gasteiger partial charge in [-0.1, -0.05) is 48.5 Å². The van der Waals surface area contributed by atoms with Crippen molar-refractivity contribution in [3.63, 3.8) is 0 Å². The Bertz CT molecular complexity index is 1320. The van der Waals surface area contributed by atoms with E-state index in [4.69, 9.17) is 5.26 Å². The van der Waals surface area contributed by atoms with E-state index in [9.17, 15) is 4.79 Å². The van der Waals surface area contributed by atoms with E-state index in [2.05, 4.69) is 33.4 Å². The third-order valence-electron chi connectivity index (χ3n) is 6.34. The molecule has 0 amide bonds. The van der Waals surface area contributed by atoms with Crippen LogP contribution in [-0.2, 0) is 6.42 Å². The van der Waals surface area contributed by atoms with Crippen LogP contribution < -0.4 is 16.2 Å². The molecule has 3 heterocycles. The van der Waals surface area contributed by atoms with Crippen LogP contribution in [0.3, 0.4) is 0 Å². The second kappa shape index (κ2) is 9.98. The van der Waals surface area contributed by atoms with Crippen LogP contribution in [0.15, 0.2) is 79.1 Å². The molecule has 1 aliphatic rings. The molecule has 170 valence electrons. The van der Waals surface area contributed by atoms with Crippen LogP contribution >= 0.6 is 0 Å². The summed E-state index contributed by atoms with van der Waals surface area (Å²) < 4.78 is 1.81. The highest BCUT2D eigenvalue weighted by molar-refractivity contribution is 6.05. The van der Waals surface area contributed by atoms with E-state index >= 15 is 0 Å². The van der Waals surface area contributed by atoms with Crippen molar-refractivity contribution in [3.05, 3.63) is 107 Å². The number of Topliss-reactive ketones (excluding diaryl/α,β-unsaturated/α-hetero) is 1. The number of nitrogens with zero attached hydrogens (tertiary/aromatic N) is 3. The smallest absolute Gasteiger partial charge is 0.188 e. The lowest BCUT2D eigenvalue weighted by molar-refractivity contribution is 0.0945. The Balaban J connectivity index is 1.37. The van der Waals surface area contributed by atoms with Gasteiger partial charge in [-0.25, -0.2) is 4.52 Å². The van der Waals surface area contributed by atoms with Crippen LogP contribution in [0.25, 0.3) is 5.52 Å². The highest BCUT2D eigenvalue weighted by Gasteiger charge is 2.25. The van der Waals surface area contributed by atoms with Gasteiger partial charge in [-0.2, -0.15) is 10.4 Å². The molecule has 0 aliphatic carbocycles. The number of ketones is 1. The molecule has 0 radical (unpaired) electrons. The highest BCUT2D eigenvalue weighted by atomic mass is 16.1. The van der Waals surface area contributed by atoms with Gasteiger partial charge in [0.2, 0.25) is 0 Å². The number of hydrazine groups is 1. The van der Waals surface area contributed by atoms with Crippen LogP contribution in [0, 0.1) is 11.3 Å². The second-order valence-electron chi connectivity index (χ2n) is 8.53. The number of aromatic nitrogens is 2. The number of hydrogen-bond acceptors (Lipinski definition) is 6. The minimum absolute atomic E-state index is 0.00187. The average molecular weight is 451 g/mol. The van der Waals surface area contributed by atoms with Gasteiger partial charge in [0.1, 0.15) is 0 Å². The molecule has 0 spiro atoms. The van der Waals surface area contributed by atoms with Crippen molar-refractivity contribution in [3.8, 4) is 6.07 Å². The summed E-state index contributed by atoms with van der Waals surface area (Å²) >= 11 is 0. The molecule has 0 bridgehead atoms. The Labute approximate surface area is 198 Å². The molecule has 34 heavy (non-hydrogen) atoms. The summed E-state index contributed by atoms with van der Waals surface area (Å²) in [5.41, 5.74) is 11.6. The SMILES string of the molecule is N#Cc1ccc(CCN[C@H](C(=O)c2cnn3cc(C4CNNC4)ccc23)c2ccccc2)cc1. The Morgan fingerprint density at radius 2 is 1.85 bits per heavy atom. The summed E-state index contributed by atoms with van der Waals surface area (Å²) in [5, 5.41) is 16.9. The number of benzene rings is 2. The number of carbonyl (C=O) groups excluding carboxylic acids is 1. The molecule has 5 rings (SSSR count). The van der Waals surface area contributed by atoms with Crippen molar-refractivity contribution in [2.45, 2.75) is 18.4 Å². The van der Waals surface area contributed by atoms with Crippen LogP contribution in [0.2, 0.25) is 0 Å². The fourth-order valence-electron chi connectivity index (χ4n) is 4.40. The Hall–Kier alpha value is -3.83. The number of nitriles is 1. The topological polar surface area (TPSA) is 94.2 Å². The van der Waals surface area contributed by atoms with Crippen LogP contribution in [0.1, 0.15) is 44.6 Å². The number of nitrogens with one attached hydrogen (secondary N) is 3. The third kappa shape index (κ3) is 4.61. The number of pyridine rings is 1.